The van der Waals surface area contributed by atoms with Crippen molar-refractivity contribution < 1.29 is 4.92 Å². The number of benzene rings is 1. The lowest BCUT2D eigenvalue weighted by molar-refractivity contribution is -0.384. The van der Waals surface area contributed by atoms with Crippen molar-refractivity contribution in [1.29, 1.82) is 0 Å². The maximum absolute atomic E-state index is 10.6. The van der Waals surface area contributed by atoms with E-state index >= 15 is 0 Å². The highest BCUT2D eigenvalue weighted by Gasteiger charge is 2.07. The van der Waals surface area contributed by atoms with Gasteiger partial charge in [-0.05, 0) is 23.6 Å². The van der Waals surface area contributed by atoms with Crippen LogP contribution in [0.2, 0.25) is 0 Å². The monoisotopic (exact) mass is 273 g/mol. The van der Waals surface area contributed by atoms with Crippen molar-refractivity contribution in [3.63, 3.8) is 0 Å². The zero-order chi connectivity index (χ0) is 14.5. The van der Waals surface area contributed by atoms with E-state index in [1.165, 1.54) is 12.1 Å². The molecule has 0 fully saturated rings. The maximum Gasteiger partial charge on any atom is 0.269 e. The summed E-state index contributed by atoms with van der Waals surface area (Å²) in [4.78, 5) is 10.2. The van der Waals surface area contributed by atoms with Crippen LogP contribution in [0, 0.1) is 10.1 Å². The van der Waals surface area contributed by atoms with Crippen molar-refractivity contribution in [1.82, 2.24) is 4.57 Å². The summed E-state index contributed by atoms with van der Waals surface area (Å²) in [6.45, 7) is 2.81. The van der Waals surface area contributed by atoms with E-state index in [2.05, 4.69) is 6.92 Å². The molecule has 0 bridgehead atoms. The number of non-ortho nitro benzene ring substituents is 1. The molecule has 0 aliphatic carbocycles. The van der Waals surface area contributed by atoms with Crippen molar-refractivity contribution >= 4 is 5.69 Å². The minimum Gasteiger partial charge on any atom is -0.350 e. The third-order valence-corrected chi connectivity index (χ3v) is 3.31. The van der Waals surface area contributed by atoms with Gasteiger partial charge in [0.1, 0.15) is 0 Å². The molecule has 1 heterocycles. The average Bonchev–Trinajstić information content (AvgIpc) is 2.88. The molecule has 1 aromatic heterocycles. The minimum atomic E-state index is -0.388. The predicted molar refractivity (Wildman–Crippen MR) is 78.5 cm³/mol. The molecule has 0 saturated heterocycles. The summed E-state index contributed by atoms with van der Waals surface area (Å²) < 4.78 is 2.05. The zero-order valence-electron chi connectivity index (χ0n) is 11.5. The highest BCUT2D eigenvalue weighted by atomic mass is 16.6. The Morgan fingerprint density at radius 3 is 2.60 bits per heavy atom. The lowest BCUT2D eigenvalue weighted by Gasteiger charge is -2.07. The SMILES string of the molecule is CCCC(N)c1ccn(Cc2ccc([N+](=O)[O-])cc2)c1. The van der Waals surface area contributed by atoms with Gasteiger partial charge in [0.15, 0.2) is 0 Å². The zero-order valence-corrected chi connectivity index (χ0v) is 11.5. The lowest BCUT2D eigenvalue weighted by atomic mass is 10.1. The Balaban J connectivity index is 2.04. The summed E-state index contributed by atoms with van der Waals surface area (Å²) in [5.41, 5.74) is 8.36. The third-order valence-electron chi connectivity index (χ3n) is 3.31. The predicted octanol–water partition coefficient (Wildman–Crippen LogP) is 3.24. The number of nitro benzene ring substituents is 1. The minimum absolute atomic E-state index is 0.0816. The van der Waals surface area contributed by atoms with E-state index in [4.69, 9.17) is 5.73 Å². The van der Waals surface area contributed by atoms with E-state index in [9.17, 15) is 10.1 Å². The van der Waals surface area contributed by atoms with Gasteiger partial charge in [-0.1, -0.05) is 25.5 Å². The van der Waals surface area contributed by atoms with Crippen LogP contribution >= 0.6 is 0 Å². The van der Waals surface area contributed by atoms with Gasteiger partial charge in [0.2, 0.25) is 0 Å². The molecule has 0 spiro atoms. The van der Waals surface area contributed by atoms with Gasteiger partial charge in [-0.25, -0.2) is 0 Å². The highest BCUT2D eigenvalue weighted by Crippen LogP contribution is 2.17. The number of nitro groups is 1. The van der Waals surface area contributed by atoms with Crippen molar-refractivity contribution in [2.75, 3.05) is 0 Å². The molecule has 1 unspecified atom stereocenters. The Bertz CT molecular complexity index is 575. The molecule has 0 aliphatic heterocycles. The maximum atomic E-state index is 10.6. The molecule has 5 heteroatoms. The van der Waals surface area contributed by atoms with Gasteiger partial charge in [-0.15, -0.1) is 0 Å². The Morgan fingerprint density at radius 2 is 2.00 bits per heavy atom. The molecule has 0 aliphatic rings. The fourth-order valence-electron chi connectivity index (χ4n) is 2.19. The van der Waals surface area contributed by atoms with E-state index in [0.29, 0.717) is 6.54 Å². The first-order valence-electron chi connectivity index (χ1n) is 6.74. The number of hydrogen-bond acceptors (Lipinski definition) is 3. The van der Waals surface area contributed by atoms with E-state index in [-0.39, 0.29) is 16.7 Å². The van der Waals surface area contributed by atoms with Crippen molar-refractivity contribution in [2.45, 2.75) is 32.4 Å². The molecule has 106 valence electrons. The fraction of sp³-hybridized carbons (Fsp3) is 0.333. The van der Waals surface area contributed by atoms with Gasteiger partial charge < -0.3 is 10.3 Å². The van der Waals surface area contributed by atoms with Crippen molar-refractivity contribution in [3.05, 3.63) is 64.0 Å². The number of nitrogens with zero attached hydrogens (tertiary/aromatic N) is 2. The normalized spacial score (nSPS) is 12.3. The van der Waals surface area contributed by atoms with Gasteiger partial charge in [-0.2, -0.15) is 0 Å². The van der Waals surface area contributed by atoms with Gasteiger partial charge in [-0.3, -0.25) is 10.1 Å². The fourth-order valence-corrected chi connectivity index (χ4v) is 2.19. The first-order chi connectivity index (χ1) is 9.60. The number of aromatic nitrogens is 1. The molecular weight excluding hydrogens is 254 g/mol. The second kappa shape index (κ2) is 6.34. The Labute approximate surface area is 118 Å². The van der Waals surface area contributed by atoms with Gasteiger partial charge in [0.25, 0.3) is 5.69 Å². The van der Waals surface area contributed by atoms with Gasteiger partial charge >= 0.3 is 0 Å². The first-order valence-corrected chi connectivity index (χ1v) is 6.74. The molecule has 2 rings (SSSR count). The first kappa shape index (κ1) is 14.3. The second-order valence-corrected chi connectivity index (χ2v) is 4.94. The molecule has 5 nitrogen and oxygen atoms in total. The van der Waals surface area contributed by atoms with E-state index < -0.39 is 0 Å². The van der Waals surface area contributed by atoms with Crippen LogP contribution in [0.1, 0.15) is 36.9 Å². The van der Waals surface area contributed by atoms with E-state index in [1.807, 2.05) is 23.0 Å². The second-order valence-electron chi connectivity index (χ2n) is 4.94. The third kappa shape index (κ3) is 3.45. The summed E-state index contributed by atoms with van der Waals surface area (Å²) in [5, 5.41) is 10.6. The van der Waals surface area contributed by atoms with Crippen LogP contribution in [0.5, 0.6) is 0 Å². The smallest absolute Gasteiger partial charge is 0.269 e. The summed E-state index contributed by atoms with van der Waals surface area (Å²) in [7, 11) is 0. The van der Waals surface area contributed by atoms with Crippen molar-refractivity contribution in [3.8, 4) is 0 Å². The average molecular weight is 273 g/mol. The number of hydrogen-bond donors (Lipinski definition) is 1. The van der Waals surface area contributed by atoms with Crippen LogP contribution in [-0.4, -0.2) is 9.49 Å². The number of nitrogens with two attached hydrogens (primary N) is 1. The summed E-state index contributed by atoms with van der Waals surface area (Å²) >= 11 is 0. The molecule has 0 saturated carbocycles. The molecule has 20 heavy (non-hydrogen) atoms. The highest BCUT2D eigenvalue weighted by molar-refractivity contribution is 5.33. The summed E-state index contributed by atoms with van der Waals surface area (Å²) in [6, 6.07) is 8.74. The topological polar surface area (TPSA) is 74.1 Å². The van der Waals surface area contributed by atoms with E-state index in [0.717, 1.165) is 24.0 Å². The summed E-state index contributed by atoms with van der Waals surface area (Å²) in [6.07, 6.45) is 6.07. The van der Waals surface area contributed by atoms with Crippen LogP contribution in [0.3, 0.4) is 0 Å². The van der Waals surface area contributed by atoms with E-state index in [1.54, 1.807) is 12.1 Å². The van der Waals surface area contributed by atoms with Gasteiger partial charge in [0, 0.05) is 37.1 Å². The molecular formula is C15H19N3O2. The van der Waals surface area contributed by atoms with Gasteiger partial charge in [0.05, 0.1) is 4.92 Å². The molecule has 0 radical (unpaired) electrons. The summed E-state index contributed by atoms with van der Waals surface area (Å²) in [5.74, 6) is 0. The Kier molecular flexibility index (Phi) is 4.53. The van der Waals surface area contributed by atoms with Crippen LogP contribution in [0.15, 0.2) is 42.7 Å². The van der Waals surface area contributed by atoms with Crippen LogP contribution in [0.25, 0.3) is 0 Å². The van der Waals surface area contributed by atoms with Crippen LogP contribution < -0.4 is 5.73 Å². The largest absolute Gasteiger partial charge is 0.350 e. The Morgan fingerprint density at radius 1 is 1.30 bits per heavy atom. The quantitative estimate of drug-likeness (QED) is 0.648. The van der Waals surface area contributed by atoms with Crippen molar-refractivity contribution in [2.24, 2.45) is 5.73 Å². The standard InChI is InChI=1S/C15H19N3O2/c1-2-3-15(16)13-8-9-17(11-13)10-12-4-6-14(7-5-12)18(19)20/h4-9,11,15H,2-3,10,16H2,1H3. The number of rotatable bonds is 6. The molecule has 1 aromatic carbocycles. The molecule has 0 amide bonds. The lowest BCUT2D eigenvalue weighted by Crippen LogP contribution is -2.08. The molecule has 2 aromatic rings. The molecule has 2 N–H and O–H groups in total. The van der Waals surface area contributed by atoms with Crippen LogP contribution in [-0.2, 0) is 6.54 Å². The van der Waals surface area contributed by atoms with Crippen LogP contribution in [0.4, 0.5) is 5.69 Å². The molecule has 1 atom stereocenters. The Hall–Kier alpha value is -2.14.